The van der Waals surface area contributed by atoms with Gasteiger partial charge in [0.15, 0.2) is 0 Å². The van der Waals surface area contributed by atoms with Crippen molar-refractivity contribution in [2.45, 2.75) is 26.3 Å². The summed E-state index contributed by atoms with van der Waals surface area (Å²) in [5, 5.41) is 0. The molecule has 0 fully saturated rings. The molecule has 2 rings (SSSR count). The van der Waals surface area contributed by atoms with Crippen molar-refractivity contribution in [1.29, 1.82) is 0 Å². The van der Waals surface area contributed by atoms with Crippen LogP contribution in [0.1, 0.15) is 32.5 Å². The van der Waals surface area contributed by atoms with Gasteiger partial charge in [-0.2, -0.15) is 0 Å². The van der Waals surface area contributed by atoms with Crippen molar-refractivity contribution in [3.05, 3.63) is 43.8 Å². The molecule has 0 aliphatic rings. The highest BCUT2D eigenvalue weighted by atomic mass is 32.1. The SMILES string of the molecule is CCc1ccc(C(NN)c2ccc(C)s2)s1. The zero-order valence-corrected chi connectivity index (χ0v) is 11.1. The summed E-state index contributed by atoms with van der Waals surface area (Å²) in [6.07, 6.45) is 1.09. The van der Waals surface area contributed by atoms with Crippen molar-refractivity contribution in [2.75, 3.05) is 0 Å². The molecule has 2 aromatic rings. The molecule has 0 spiro atoms. The van der Waals surface area contributed by atoms with Crippen molar-refractivity contribution in [3.63, 3.8) is 0 Å². The van der Waals surface area contributed by atoms with E-state index in [1.807, 2.05) is 11.3 Å². The summed E-state index contributed by atoms with van der Waals surface area (Å²) in [6.45, 7) is 4.30. The van der Waals surface area contributed by atoms with E-state index in [9.17, 15) is 0 Å². The van der Waals surface area contributed by atoms with Crippen LogP contribution in [0, 0.1) is 6.92 Å². The van der Waals surface area contributed by atoms with Crippen molar-refractivity contribution in [1.82, 2.24) is 5.43 Å². The molecule has 4 heteroatoms. The minimum atomic E-state index is 0.143. The maximum Gasteiger partial charge on any atom is 0.0894 e. The number of aryl methyl sites for hydroxylation is 2. The van der Waals surface area contributed by atoms with E-state index in [-0.39, 0.29) is 6.04 Å². The van der Waals surface area contributed by atoms with Crippen LogP contribution < -0.4 is 11.3 Å². The van der Waals surface area contributed by atoms with E-state index in [1.54, 1.807) is 11.3 Å². The molecule has 3 N–H and O–H groups in total. The second kappa shape index (κ2) is 5.10. The van der Waals surface area contributed by atoms with Gasteiger partial charge in [0.1, 0.15) is 0 Å². The van der Waals surface area contributed by atoms with E-state index in [0.717, 1.165) is 6.42 Å². The lowest BCUT2D eigenvalue weighted by atomic mass is 10.2. The Hall–Kier alpha value is -0.680. The summed E-state index contributed by atoms with van der Waals surface area (Å²) in [6, 6.07) is 8.78. The Balaban J connectivity index is 2.28. The maximum atomic E-state index is 5.66. The highest BCUT2D eigenvalue weighted by Gasteiger charge is 2.15. The van der Waals surface area contributed by atoms with Crippen molar-refractivity contribution in [2.24, 2.45) is 5.84 Å². The first-order chi connectivity index (χ1) is 7.74. The molecule has 0 radical (unpaired) electrons. The number of nitrogens with one attached hydrogen (secondary N) is 1. The highest BCUT2D eigenvalue weighted by Crippen LogP contribution is 2.32. The van der Waals surface area contributed by atoms with Crippen LogP contribution in [0.15, 0.2) is 24.3 Å². The quantitative estimate of drug-likeness (QED) is 0.647. The number of hydrogen-bond donors (Lipinski definition) is 2. The zero-order valence-electron chi connectivity index (χ0n) is 9.49. The highest BCUT2D eigenvalue weighted by molar-refractivity contribution is 7.13. The van der Waals surface area contributed by atoms with Gasteiger partial charge in [0.05, 0.1) is 6.04 Å². The van der Waals surface area contributed by atoms with Gasteiger partial charge in [0.2, 0.25) is 0 Å². The van der Waals surface area contributed by atoms with Gasteiger partial charge in [-0.05, 0) is 37.6 Å². The molecule has 0 aromatic carbocycles. The number of rotatable bonds is 4. The lowest BCUT2D eigenvalue weighted by Crippen LogP contribution is -2.27. The van der Waals surface area contributed by atoms with Gasteiger partial charge >= 0.3 is 0 Å². The molecule has 86 valence electrons. The molecule has 0 bridgehead atoms. The molecule has 0 aliphatic carbocycles. The van der Waals surface area contributed by atoms with E-state index < -0.39 is 0 Å². The largest absolute Gasteiger partial charge is 0.271 e. The molecule has 2 aromatic heterocycles. The Bertz CT molecular complexity index is 459. The smallest absolute Gasteiger partial charge is 0.0894 e. The average Bonchev–Trinajstić information content (AvgIpc) is 2.89. The summed E-state index contributed by atoms with van der Waals surface area (Å²) in [5.41, 5.74) is 2.91. The number of thiophene rings is 2. The summed E-state index contributed by atoms with van der Waals surface area (Å²) in [5.74, 6) is 5.66. The van der Waals surface area contributed by atoms with E-state index in [0.29, 0.717) is 0 Å². The first-order valence-electron chi connectivity index (χ1n) is 5.35. The van der Waals surface area contributed by atoms with E-state index in [4.69, 9.17) is 5.84 Å². The number of hydrogen-bond acceptors (Lipinski definition) is 4. The first kappa shape index (κ1) is 11.8. The predicted molar refractivity (Wildman–Crippen MR) is 71.9 cm³/mol. The second-order valence-electron chi connectivity index (χ2n) is 3.71. The summed E-state index contributed by atoms with van der Waals surface area (Å²) < 4.78 is 0. The summed E-state index contributed by atoms with van der Waals surface area (Å²) in [4.78, 5) is 5.30. The fourth-order valence-electron chi connectivity index (χ4n) is 1.65. The topological polar surface area (TPSA) is 38.0 Å². The van der Waals surface area contributed by atoms with Crippen LogP contribution in [0.4, 0.5) is 0 Å². The Morgan fingerprint density at radius 1 is 1.19 bits per heavy atom. The Kier molecular flexibility index (Phi) is 3.76. The standard InChI is InChI=1S/C12H16N2S2/c1-3-9-5-7-11(16-9)12(14-13)10-6-4-8(2)15-10/h4-7,12,14H,3,13H2,1-2H3. The van der Waals surface area contributed by atoms with Crippen LogP contribution in [-0.4, -0.2) is 0 Å². The van der Waals surface area contributed by atoms with Gasteiger partial charge in [-0.1, -0.05) is 6.92 Å². The molecule has 2 heterocycles. The molecule has 1 atom stereocenters. The lowest BCUT2D eigenvalue weighted by molar-refractivity contribution is 0.656. The zero-order chi connectivity index (χ0) is 11.5. The Morgan fingerprint density at radius 3 is 2.38 bits per heavy atom. The van der Waals surface area contributed by atoms with Gasteiger partial charge in [-0.3, -0.25) is 5.84 Å². The van der Waals surface area contributed by atoms with Crippen molar-refractivity contribution in [3.8, 4) is 0 Å². The van der Waals surface area contributed by atoms with Gasteiger partial charge in [0.25, 0.3) is 0 Å². The van der Waals surface area contributed by atoms with Gasteiger partial charge in [-0.15, -0.1) is 22.7 Å². The van der Waals surface area contributed by atoms with E-state index in [1.165, 1.54) is 19.5 Å². The van der Waals surface area contributed by atoms with Crippen LogP contribution in [0.2, 0.25) is 0 Å². The Labute approximate surface area is 104 Å². The molecule has 0 amide bonds. The third kappa shape index (κ3) is 2.35. The summed E-state index contributed by atoms with van der Waals surface area (Å²) >= 11 is 3.63. The fraction of sp³-hybridized carbons (Fsp3) is 0.333. The third-order valence-electron chi connectivity index (χ3n) is 2.53. The van der Waals surface area contributed by atoms with Crippen LogP contribution >= 0.6 is 22.7 Å². The van der Waals surface area contributed by atoms with Crippen molar-refractivity contribution >= 4 is 22.7 Å². The first-order valence-corrected chi connectivity index (χ1v) is 6.99. The van der Waals surface area contributed by atoms with E-state index >= 15 is 0 Å². The second-order valence-corrected chi connectivity index (χ2v) is 6.23. The number of nitrogens with two attached hydrogens (primary N) is 1. The fourth-order valence-corrected chi connectivity index (χ4v) is 3.72. The average molecular weight is 252 g/mol. The molecule has 0 saturated heterocycles. The molecule has 16 heavy (non-hydrogen) atoms. The summed E-state index contributed by atoms with van der Waals surface area (Å²) in [7, 11) is 0. The van der Waals surface area contributed by atoms with Crippen LogP contribution in [0.25, 0.3) is 0 Å². The predicted octanol–water partition coefficient (Wildman–Crippen LogP) is 3.23. The number of hydrazine groups is 1. The lowest BCUT2D eigenvalue weighted by Gasteiger charge is -2.11. The minimum Gasteiger partial charge on any atom is -0.271 e. The van der Waals surface area contributed by atoms with Crippen LogP contribution in [-0.2, 0) is 6.42 Å². The van der Waals surface area contributed by atoms with Crippen LogP contribution in [0.3, 0.4) is 0 Å². The molecule has 0 aliphatic heterocycles. The van der Waals surface area contributed by atoms with Gasteiger partial charge < -0.3 is 0 Å². The normalized spacial score (nSPS) is 12.9. The maximum absolute atomic E-state index is 5.66. The van der Waals surface area contributed by atoms with Gasteiger partial charge in [-0.25, -0.2) is 5.43 Å². The monoisotopic (exact) mass is 252 g/mol. The molecule has 0 saturated carbocycles. The van der Waals surface area contributed by atoms with Crippen molar-refractivity contribution < 1.29 is 0 Å². The molecule has 1 unspecified atom stereocenters. The van der Waals surface area contributed by atoms with Crippen LogP contribution in [0.5, 0.6) is 0 Å². The molecular weight excluding hydrogens is 236 g/mol. The Morgan fingerprint density at radius 2 is 1.88 bits per heavy atom. The van der Waals surface area contributed by atoms with E-state index in [2.05, 4.69) is 43.5 Å². The molecular formula is C12H16N2S2. The third-order valence-corrected chi connectivity index (χ3v) is 4.89. The molecule has 2 nitrogen and oxygen atoms in total. The van der Waals surface area contributed by atoms with Gasteiger partial charge in [0, 0.05) is 19.5 Å². The minimum absolute atomic E-state index is 0.143.